The summed E-state index contributed by atoms with van der Waals surface area (Å²) in [7, 11) is 0. The maximum Gasteiger partial charge on any atom is 0.416 e. The number of fused-ring (bicyclic) bond motifs is 1. The van der Waals surface area contributed by atoms with Gasteiger partial charge in [0.05, 0.1) is 29.5 Å². The molecule has 3 heterocycles. The third kappa shape index (κ3) is 3.15. The molecule has 0 aliphatic rings. The number of hydrogen-bond acceptors (Lipinski definition) is 3. The monoisotopic (exact) mass is 354 g/mol. The molecule has 0 unspecified atom stereocenters. The van der Waals surface area contributed by atoms with Gasteiger partial charge < -0.3 is 0 Å². The van der Waals surface area contributed by atoms with Crippen LogP contribution in [0, 0.1) is 0 Å². The number of aromatic nitrogens is 4. The molecule has 7 heteroatoms. The van der Waals surface area contributed by atoms with E-state index < -0.39 is 11.7 Å². The van der Waals surface area contributed by atoms with Gasteiger partial charge >= 0.3 is 6.18 Å². The van der Waals surface area contributed by atoms with Crippen molar-refractivity contribution in [2.75, 3.05) is 0 Å². The average molecular weight is 354 g/mol. The predicted molar refractivity (Wildman–Crippen MR) is 91.3 cm³/mol. The number of nitrogens with zero attached hydrogens (tertiary/aromatic N) is 4. The van der Waals surface area contributed by atoms with E-state index in [4.69, 9.17) is 0 Å². The Hall–Kier alpha value is -3.22. The molecule has 0 atom stereocenters. The van der Waals surface area contributed by atoms with Crippen molar-refractivity contribution in [3.63, 3.8) is 0 Å². The predicted octanol–water partition coefficient (Wildman–Crippen LogP) is 4.56. The third-order valence-corrected chi connectivity index (χ3v) is 4.06. The molecule has 130 valence electrons. The lowest BCUT2D eigenvalue weighted by Gasteiger charge is -2.09. The van der Waals surface area contributed by atoms with E-state index >= 15 is 0 Å². The summed E-state index contributed by atoms with van der Waals surface area (Å²) in [5.41, 5.74) is 2.63. The molecule has 1 aromatic carbocycles. The highest BCUT2D eigenvalue weighted by Crippen LogP contribution is 2.32. The van der Waals surface area contributed by atoms with Gasteiger partial charge in [0.2, 0.25) is 0 Å². The zero-order valence-corrected chi connectivity index (χ0v) is 13.5. The Morgan fingerprint density at radius 1 is 0.885 bits per heavy atom. The summed E-state index contributed by atoms with van der Waals surface area (Å²) >= 11 is 0. The van der Waals surface area contributed by atoms with Crippen LogP contribution in [0.3, 0.4) is 0 Å². The van der Waals surface area contributed by atoms with E-state index in [0.29, 0.717) is 23.2 Å². The molecule has 0 saturated carbocycles. The second-order valence-electron chi connectivity index (χ2n) is 5.83. The SMILES string of the molecule is FC(F)(F)c1cccc(-c2cnc3cnn(Cc4ccccn4)c3c2)c1. The Kier molecular flexibility index (Phi) is 3.91. The first-order valence-corrected chi connectivity index (χ1v) is 7.90. The van der Waals surface area contributed by atoms with Crippen molar-refractivity contribution in [2.45, 2.75) is 12.7 Å². The highest BCUT2D eigenvalue weighted by Gasteiger charge is 2.30. The fourth-order valence-electron chi connectivity index (χ4n) is 2.76. The van der Waals surface area contributed by atoms with Crippen LogP contribution < -0.4 is 0 Å². The standard InChI is InChI=1S/C19H13F3N4/c20-19(21,22)15-5-3-4-13(8-15)14-9-18-17(24-10-14)11-25-26(18)12-16-6-1-2-7-23-16/h1-11H,12H2. The molecule has 4 aromatic rings. The van der Waals surface area contributed by atoms with E-state index in [0.717, 1.165) is 23.3 Å². The maximum absolute atomic E-state index is 13.0. The molecule has 0 saturated heterocycles. The van der Waals surface area contributed by atoms with Crippen molar-refractivity contribution in [3.8, 4) is 11.1 Å². The molecule has 4 rings (SSSR count). The van der Waals surface area contributed by atoms with E-state index in [2.05, 4.69) is 15.1 Å². The van der Waals surface area contributed by atoms with Gasteiger partial charge in [-0.05, 0) is 35.9 Å². The van der Waals surface area contributed by atoms with Gasteiger partial charge in [-0.25, -0.2) is 0 Å². The number of halogens is 3. The van der Waals surface area contributed by atoms with E-state index in [1.54, 1.807) is 35.4 Å². The molecule has 0 amide bonds. The maximum atomic E-state index is 13.0. The Bertz CT molecular complexity index is 1060. The third-order valence-electron chi connectivity index (χ3n) is 4.06. The Labute approximate surface area is 147 Å². The first-order valence-electron chi connectivity index (χ1n) is 7.90. The Morgan fingerprint density at radius 3 is 2.54 bits per heavy atom. The average Bonchev–Trinajstić information content (AvgIpc) is 3.04. The summed E-state index contributed by atoms with van der Waals surface area (Å²) in [5, 5.41) is 4.32. The lowest BCUT2D eigenvalue weighted by Crippen LogP contribution is -2.04. The molecule has 0 aliphatic heterocycles. The van der Waals surface area contributed by atoms with Crippen molar-refractivity contribution < 1.29 is 13.2 Å². The number of rotatable bonds is 3. The number of alkyl halides is 3. The largest absolute Gasteiger partial charge is 0.416 e. The summed E-state index contributed by atoms with van der Waals surface area (Å²) in [5.74, 6) is 0. The second kappa shape index (κ2) is 6.25. The quantitative estimate of drug-likeness (QED) is 0.542. The van der Waals surface area contributed by atoms with Gasteiger partial charge in [0.1, 0.15) is 5.52 Å². The Morgan fingerprint density at radius 2 is 1.77 bits per heavy atom. The molecule has 4 nitrogen and oxygen atoms in total. The zero-order chi connectivity index (χ0) is 18.1. The van der Waals surface area contributed by atoms with Crippen molar-refractivity contribution in [3.05, 3.63) is 78.4 Å². The molecule has 26 heavy (non-hydrogen) atoms. The van der Waals surface area contributed by atoms with Crippen LogP contribution in [0.15, 0.2) is 67.1 Å². The van der Waals surface area contributed by atoms with Crippen LogP contribution in [0.1, 0.15) is 11.3 Å². The molecule has 0 radical (unpaired) electrons. The van der Waals surface area contributed by atoms with E-state index in [9.17, 15) is 13.2 Å². The zero-order valence-electron chi connectivity index (χ0n) is 13.5. The lowest BCUT2D eigenvalue weighted by molar-refractivity contribution is -0.137. The summed E-state index contributed by atoms with van der Waals surface area (Å²) in [6.45, 7) is 0.456. The fraction of sp³-hybridized carbons (Fsp3) is 0.105. The minimum absolute atomic E-state index is 0.456. The van der Waals surface area contributed by atoms with Crippen molar-refractivity contribution >= 4 is 11.0 Å². The van der Waals surface area contributed by atoms with Gasteiger partial charge in [-0.15, -0.1) is 0 Å². The van der Waals surface area contributed by atoms with Crippen molar-refractivity contribution in [2.24, 2.45) is 0 Å². The first kappa shape index (κ1) is 16.3. The van der Waals surface area contributed by atoms with Gasteiger partial charge in [-0.1, -0.05) is 18.2 Å². The Balaban J connectivity index is 1.75. The van der Waals surface area contributed by atoms with E-state index in [1.165, 1.54) is 6.07 Å². The van der Waals surface area contributed by atoms with Crippen LogP contribution in [0.2, 0.25) is 0 Å². The van der Waals surface area contributed by atoms with Gasteiger partial charge in [0.15, 0.2) is 0 Å². The smallest absolute Gasteiger partial charge is 0.259 e. The minimum Gasteiger partial charge on any atom is -0.259 e. The number of hydrogen-bond donors (Lipinski definition) is 0. The first-order chi connectivity index (χ1) is 12.5. The molecule has 0 N–H and O–H groups in total. The molecular formula is C19H13F3N4. The molecule has 3 aromatic heterocycles. The molecular weight excluding hydrogens is 341 g/mol. The van der Waals surface area contributed by atoms with Gasteiger partial charge in [-0.3, -0.25) is 14.6 Å². The summed E-state index contributed by atoms with van der Waals surface area (Å²) in [6, 6.07) is 12.6. The lowest BCUT2D eigenvalue weighted by atomic mass is 10.0. The van der Waals surface area contributed by atoms with E-state index in [-0.39, 0.29) is 0 Å². The normalized spacial score (nSPS) is 11.8. The van der Waals surface area contributed by atoms with Crippen LogP contribution in [0.25, 0.3) is 22.2 Å². The summed E-state index contributed by atoms with van der Waals surface area (Å²) in [6.07, 6.45) is 0.514. The van der Waals surface area contributed by atoms with Gasteiger partial charge in [-0.2, -0.15) is 18.3 Å². The molecule has 0 spiro atoms. The number of benzene rings is 1. The summed E-state index contributed by atoms with van der Waals surface area (Å²) in [4.78, 5) is 8.60. The highest BCUT2D eigenvalue weighted by molar-refractivity contribution is 5.80. The second-order valence-corrected chi connectivity index (χ2v) is 5.83. The number of pyridine rings is 2. The fourth-order valence-corrected chi connectivity index (χ4v) is 2.76. The topological polar surface area (TPSA) is 43.6 Å². The summed E-state index contributed by atoms with van der Waals surface area (Å²) < 4.78 is 40.6. The van der Waals surface area contributed by atoms with E-state index in [1.807, 2.05) is 18.2 Å². The van der Waals surface area contributed by atoms with Gasteiger partial charge in [0.25, 0.3) is 0 Å². The highest BCUT2D eigenvalue weighted by atomic mass is 19.4. The van der Waals surface area contributed by atoms with Gasteiger partial charge in [0, 0.05) is 18.0 Å². The molecule has 0 fully saturated rings. The van der Waals surface area contributed by atoms with Crippen LogP contribution >= 0.6 is 0 Å². The molecule has 0 bridgehead atoms. The molecule has 0 aliphatic carbocycles. The van der Waals surface area contributed by atoms with Crippen molar-refractivity contribution in [1.29, 1.82) is 0 Å². The van der Waals surface area contributed by atoms with Crippen molar-refractivity contribution in [1.82, 2.24) is 19.7 Å². The minimum atomic E-state index is -4.38. The van der Waals surface area contributed by atoms with Crippen LogP contribution in [-0.2, 0) is 12.7 Å². The van der Waals surface area contributed by atoms with Crippen LogP contribution in [-0.4, -0.2) is 19.7 Å². The van der Waals surface area contributed by atoms with Crippen LogP contribution in [0.4, 0.5) is 13.2 Å². The van der Waals surface area contributed by atoms with Crippen LogP contribution in [0.5, 0.6) is 0 Å².